The fraction of sp³-hybridized carbons (Fsp3) is 0.429. The van der Waals surface area contributed by atoms with E-state index in [4.69, 9.17) is 9.47 Å². The van der Waals surface area contributed by atoms with E-state index in [1.165, 1.54) is 0 Å². The summed E-state index contributed by atoms with van der Waals surface area (Å²) in [4.78, 5) is 19.2. The molecule has 0 radical (unpaired) electrons. The highest BCUT2D eigenvalue weighted by Gasteiger charge is 2.47. The van der Waals surface area contributed by atoms with Crippen molar-refractivity contribution in [2.24, 2.45) is 0 Å². The van der Waals surface area contributed by atoms with Crippen molar-refractivity contribution >= 4 is 22.9 Å². The van der Waals surface area contributed by atoms with Gasteiger partial charge in [0.1, 0.15) is 5.60 Å². The number of amides is 1. The Morgan fingerprint density at radius 3 is 2.88 bits per heavy atom. The summed E-state index contributed by atoms with van der Waals surface area (Å²) in [6.07, 6.45) is 6.11. The number of nitrogens with zero attached hydrogens (tertiary/aromatic N) is 2. The van der Waals surface area contributed by atoms with Gasteiger partial charge in [-0.05, 0) is 26.0 Å². The zero-order chi connectivity index (χ0) is 18.2. The zero-order valence-electron chi connectivity index (χ0n) is 15.3. The summed E-state index contributed by atoms with van der Waals surface area (Å²) in [5, 5.41) is 1.07. The number of benzene rings is 1. The zero-order valence-corrected chi connectivity index (χ0v) is 15.3. The molecule has 2 fully saturated rings. The average Bonchev–Trinajstić information content (AvgIpc) is 3.05. The van der Waals surface area contributed by atoms with Gasteiger partial charge < -0.3 is 14.4 Å². The van der Waals surface area contributed by atoms with Crippen molar-refractivity contribution in [1.29, 1.82) is 0 Å². The second-order valence-electron chi connectivity index (χ2n) is 7.80. The van der Waals surface area contributed by atoms with E-state index >= 15 is 0 Å². The molecule has 2 saturated heterocycles. The lowest BCUT2D eigenvalue weighted by Crippen LogP contribution is -2.61. The molecule has 2 aromatic rings. The van der Waals surface area contributed by atoms with Crippen molar-refractivity contribution in [3.05, 3.63) is 48.2 Å². The largest absolute Gasteiger partial charge is 0.378 e. The summed E-state index contributed by atoms with van der Waals surface area (Å²) < 4.78 is 11.8. The first-order chi connectivity index (χ1) is 12.5. The lowest BCUT2D eigenvalue weighted by molar-refractivity contribution is -0.197. The fourth-order valence-electron chi connectivity index (χ4n) is 3.99. The number of aromatic nitrogens is 1. The first-order valence-corrected chi connectivity index (χ1v) is 9.05. The topological polar surface area (TPSA) is 51.7 Å². The van der Waals surface area contributed by atoms with Crippen LogP contribution in [-0.2, 0) is 14.3 Å². The van der Waals surface area contributed by atoms with Gasteiger partial charge in [-0.15, -0.1) is 0 Å². The van der Waals surface area contributed by atoms with Crippen LogP contribution in [0.5, 0.6) is 0 Å². The summed E-state index contributed by atoms with van der Waals surface area (Å²) in [5.74, 6) is 0.000541. The molecule has 4 rings (SSSR count). The molecule has 136 valence electrons. The molecule has 0 N–H and O–H groups in total. The van der Waals surface area contributed by atoms with Crippen LogP contribution in [-0.4, -0.2) is 53.3 Å². The number of carbonyl (C=O) groups is 1. The Morgan fingerprint density at radius 1 is 1.23 bits per heavy atom. The van der Waals surface area contributed by atoms with Crippen molar-refractivity contribution in [3.63, 3.8) is 0 Å². The lowest BCUT2D eigenvalue weighted by Gasteiger charge is -2.47. The molecule has 1 aromatic carbocycles. The van der Waals surface area contributed by atoms with Crippen molar-refractivity contribution in [2.45, 2.75) is 31.5 Å². The Hall–Kier alpha value is -2.24. The van der Waals surface area contributed by atoms with Crippen LogP contribution in [0.25, 0.3) is 17.0 Å². The standard InChI is InChI=1S/C21H24N2O3/c1-20(2)13-23(14-21(26-20)10-12-25-15-21)18(24)9-8-17-6-3-5-16-7-4-11-22-19(16)17/h3-9,11H,10,12-15H2,1-2H3/b9-8+. The average molecular weight is 352 g/mol. The Bertz CT molecular complexity index is 848. The van der Waals surface area contributed by atoms with Crippen LogP contribution in [0, 0.1) is 0 Å². The summed E-state index contributed by atoms with van der Waals surface area (Å²) in [6, 6.07) is 9.93. The number of hydrogen-bond donors (Lipinski definition) is 0. The third kappa shape index (κ3) is 3.37. The van der Waals surface area contributed by atoms with Gasteiger partial charge in [0, 0.05) is 42.8 Å². The normalized spacial score (nSPS) is 25.4. The predicted molar refractivity (Wildman–Crippen MR) is 101 cm³/mol. The van der Waals surface area contributed by atoms with Crippen LogP contribution < -0.4 is 0 Å². The number of rotatable bonds is 2. The van der Waals surface area contributed by atoms with Crippen molar-refractivity contribution in [3.8, 4) is 0 Å². The number of fused-ring (bicyclic) bond motifs is 1. The van der Waals surface area contributed by atoms with Gasteiger partial charge in [0.15, 0.2) is 0 Å². The second-order valence-corrected chi connectivity index (χ2v) is 7.80. The highest BCUT2D eigenvalue weighted by Crippen LogP contribution is 2.34. The van der Waals surface area contributed by atoms with Crippen LogP contribution in [0.2, 0.25) is 0 Å². The van der Waals surface area contributed by atoms with Gasteiger partial charge in [0.05, 0.1) is 24.3 Å². The van der Waals surface area contributed by atoms with Gasteiger partial charge in [0.2, 0.25) is 5.91 Å². The number of ether oxygens (including phenoxy) is 2. The minimum atomic E-state index is -0.379. The van der Waals surface area contributed by atoms with Crippen LogP contribution in [0.4, 0.5) is 0 Å². The van der Waals surface area contributed by atoms with E-state index in [0.29, 0.717) is 26.3 Å². The van der Waals surface area contributed by atoms with E-state index in [1.54, 1.807) is 12.3 Å². The van der Waals surface area contributed by atoms with E-state index in [2.05, 4.69) is 4.98 Å². The molecule has 0 bridgehead atoms. The first-order valence-electron chi connectivity index (χ1n) is 9.05. The van der Waals surface area contributed by atoms with E-state index in [0.717, 1.165) is 22.9 Å². The van der Waals surface area contributed by atoms with Crippen molar-refractivity contribution < 1.29 is 14.3 Å². The van der Waals surface area contributed by atoms with Crippen LogP contribution in [0.15, 0.2) is 42.6 Å². The second kappa shape index (κ2) is 6.49. The highest BCUT2D eigenvalue weighted by atomic mass is 16.6. The maximum atomic E-state index is 12.9. The number of hydrogen-bond acceptors (Lipinski definition) is 4. The third-order valence-electron chi connectivity index (χ3n) is 4.99. The lowest BCUT2D eigenvalue weighted by atomic mass is 9.95. The molecule has 1 unspecified atom stereocenters. The molecular weight excluding hydrogens is 328 g/mol. The van der Waals surface area contributed by atoms with Crippen molar-refractivity contribution in [2.75, 3.05) is 26.3 Å². The molecule has 5 heteroatoms. The van der Waals surface area contributed by atoms with Gasteiger partial charge >= 0.3 is 0 Å². The monoisotopic (exact) mass is 352 g/mol. The van der Waals surface area contributed by atoms with Gasteiger partial charge in [-0.3, -0.25) is 9.78 Å². The molecule has 2 aliphatic rings. The Kier molecular flexibility index (Phi) is 4.29. The van der Waals surface area contributed by atoms with E-state index in [9.17, 15) is 4.79 Å². The van der Waals surface area contributed by atoms with Crippen molar-refractivity contribution in [1.82, 2.24) is 9.88 Å². The minimum absolute atomic E-state index is 0.000541. The number of carbonyl (C=O) groups excluding carboxylic acids is 1. The smallest absolute Gasteiger partial charge is 0.246 e. The Labute approximate surface area is 153 Å². The molecule has 2 aliphatic heterocycles. The predicted octanol–water partition coefficient (Wildman–Crippen LogP) is 3.04. The van der Waals surface area contributed by atoms with Crippen LogP contribution in [0.3, 0.4) is 0 Å². The summed E-state index contributed by atoms with van der Waals surface area (Å²) in [5.41, 5.74) is 1.10. The number of morpholine rings is 1. The van der Waals surface area contributed by atoms with Crippen LogP contribution >= 0.6 is 0 Å². The van der Waals surface area contributed by atoms with E-state index in [1.807, 2.05) is 55.2 Å². The molecule has 1 atom stereocenters. The SMILES string of the molecule is CC1(C)CN(C(=O)/C=C/c2cccc3cccnc23)CC2(CCOC2)O1. The Morgan fingerprint density at radius 2 is 2.08 bits per heavy atom. The minimum Gasteiger partial charge on any atom is -0.378 e. The Balaban J connectivity index is 1.56. The van der Waals surface area contributed by atoms with Gasteiger partial charge in [0.25, 0.3) is 0 Å². The number of para-hydroxylation sites is 1. The summed E-state index contributed by atoms with van der Waals surface area (Å²) >= 11 is 0. The molecule has 5 nitrogen and oxygen atoms in total. The van der Waals surface area contributed by atoms with E-state index in [-0.39, 0.29) is 17.1 Å². The summed E-state index contributed by atoms with van der Waals surface area (Å²) in [7, 11) is 0. The quantitative estimate of drug-likeness (QED) is 0.780. The van der Waals surface area contributed by atoms with E-state index < -0.39 is 0 Å². The molecule has 26 heavy (non-hydrogen) atoms. The molecule has 1 amide bonds. The summed E-state index contributed by atoms with van der Waals surface area (Å²) in [6.45, 7) is 6.46. The first kappa shape index (κ1) is 17.2. The van der Waals surface area contributed by atoms with Gasteiger partial charge in [-0.2, -0.15) is 0 Å². The molecule has 3 heterocycles. The highest BCUT2D eigenvalue weighted by molar-refractivity contribution is 5.95. The molecule has 1 spiro atoms. The molecule has 1 aromatic heterocycles. The van der Waals surface area contributed by atoms with Gasteiger partial charge in [-0.25, -0.2) is 0 Å². The molecule has 0 aliphatic carbocycles. The number of pyridine rings is 1. The van der Waals surface area contributed by atoms with Gasteiger partial charge in [-0.1, -0.05) is 24.3 Å². The fourth-order valence-corrected chi connectivity index (χ4v) is 3.99. The third-order valence-corrected chi connectivity index (χ3v) is 4.99. The maximum absolute atomic E-state index is 12.9. The maximum Gasteiger partial charge on any atom is 0.246 e. The van der Waals surface area contributed by atoms with Crippen LogP contribution in [0.1, 0.15) is 25.8 Å². The molecular formula is C21H24N2O3. The molecule has 0 saturated carbocycles.